The first-order valence-electron chi connectivity index (χ1n) is 10.4. The van der Waals surface area contributed by atoms with Gasteiger partial charge in [-0.3, -0.25) is 9.59 Å². The molecule has 1 aromatic rings. The molecule has 4 rings (SSSR count). The Morgan fingerprint density at radius 3 is 2.39 bits per heavy atom. The van der Waals surface area contributed by atoms with Gasteiger partial charge in [0.1, 0.15) is 0 Å². The molecule has 3 fully saturated rings. The van der Waals surface area contributed by atoms with Gasteiger partial charge in [0, 0.05) is 55.8 Å². The van der Waals surface area contributed by atoms with Gasteiger partial charge in [-0.25, -0.2) is 4.79 Å². The standard InChI is InChI=1S/C21H28N4O3/c26-19-13-16(14-22-19)18-5-1-2-12-25(18)21(28)23-17-8-6-15(7-9-17)20(27)24-10-3-4-11-24/h6-9,16,18H,1-5,10-14H2,(H,22,26)(H,23,28). The molecule has 28 heavy (non-hydrogen) atoms. The Morgan fingerprint density at radius 2 is 1.71 bits per heavy atom. The highest BCUT2D eigenvalue weighted by atomic mass is 16.2. The van der Waals surface area contributed by atoms with E-state index in [1.807, 2.05) is 9.80 Å². The summed E-state index contributed by atoms with van der Waals surface area (Å²) in [6.07, 6.45) is 5.66. The summed E-state index contributed by atoms with van der Waals surface area (Å²) >= 11 is 0. The van der Waals surface area contributed by atoms with Gasteiger partial charge in [0.15, 0.2) is 0 Å². The maximum absolute atomic E-state index is 12.9. The molecule has 2 atom stereocenters. The highest BCUT2D eigenvalue weighted by Crippen LogP contribution is 2.28. The number of amides is 4. The molecule has 0 aliphatic carbocycles. The quantitative estimate of drug-likeness (QED) is 0.840. The lowest BCUT2D eigenvalue weighted by molar-refractivity contribution is -0.119. The van der Waals surface area contributed by atoms with E-state index in [0.29, 0.717) is 30.8 Å². The van der Waals surface area contributed by atoms with E-state index in [4.69, 9.17) is 0 Å². The van der Waals surface area contributed by atoms with Crippen molar-refractivity contribution in [3.63, 3.8) is 0 Å². The molecule has 0 aromatic heterocycles. The SMILES string of the molecule is O=C1CC(C2CCCCN2C(=O)Nc2ccc(C(=O)N3CCCC3)cc2)CN1. The highest BCUT2D eigenvalue weighted by molar-refractivity contribution is 5.95. The van der Waals surface area contributed by atoms with Crippen molar-refractivity contribution in [3.8, 4) is 0 Å². The van der Waals surface area contributed by atoms with Crippen LogP contribution in [0.4, 0.5) is 10.5 Å². The molecule has 7 heteroatoms. The van der Waals surface area contributed by atoms with Crippen molar-refractivity contribution < 1.29 is 14.4 Å². The third kappa shape index (κ3) is 3.98. The number of hydrogen-bond donors (Lipinski definition) is 2. The number of piperidine rings is 1. The smallest absolute Gasteiger partial charge is 0.322 e. The minimum absolute atomic E-state index is 0.0601. The zero-order chi connectivity index (χ0) is 19.5. The molecule has 2 unspecified atom stereocenters. The number of carbonyl (C=O) groups excluding carboxylic acids is 3. The largest absolute Gasteiger partial charge is 0.356 e. The van der Waals surface area contributed by atoms with Crippen LogP contribution in [0.2, 0.25) is 0 Å². The van der Waals surface area contributed by atoms with Gasteiger partial charge in [-0.2, -0.15) is 0 Å². The summed E-state index contributed by atoms with van der Waals surface area (Å²) in [6, 6.07) is 7.13. The zero-order valence-corrected chi connectivity index (χ0v) is 16.2. The molecule has 3 saturated heterocycles. The van der Waals surface area contributed by atoms with Gasteiger partial charge in [-0.15, -0.1) is 0 Å². The van der Waals surface area contributed by atoms with E-state index in [0.717, 1.165) is 45.2 Å². The molecule has 3 aliphatic rings. The molecule has 0 radical (unpaired) electrons. The van der Waals surface area contributed by atoms with Gasteiger partial charge in [0.2, 0.25) is 5.91 Å². The molecular weight excluding hydrogens is 356 g/mol. The fraction of sp³-hybridized carbons (Fsp3) is 0.571. The first-order valence-corrected chi connectivity index (χ1v) is 10.4. The second-order valence-corrected chi connectivity index (χ2v) is 8.03. The molecule has 0 spiro atoms. The number of anilines is 1. The van der Waals surface area contributed by atoms with Gasteiger partial charge in [-0.05, 0) is 56.4 Å². The van der Waals surface area contributed by atoms with E-state index in [-0.39, 0.29) is 29.8 Å². The molecule has 3 heterocycles. The number of hydrogen-bond acceptors (Lipinski definition) is 3. The maximum Gasteiger partial charge on any atom is 0.322 e. The Bertz CT molecular complexity index is 743. The molecule has 2 N–H and O–H groups in total. The second-order valence-electron chi connectivity index (χ2n) is 8.03. The van der Waals surface area contributed by atoms with Crippen LogP contribution in [-0.2, 0) is 4.79 Å². The number of likely N-dealkylation sites (tertiary alicyclic amines) is 2. The van der Waals surface area contributed by atoms with Crippen LogP contribution >= 0.6 is 0 Å². The molecular formula is C21H28N4O3. The summed E-state index contributed by atoms with van der Waals surface area (Å²) in [7, 11) is 0. The van der Waals surface area contributed by atoms with Gasteiger partial charge in [0.25, 0.3) is 5.91 Å². The highest BCUT2D eigenvalue weighted by Gasteiger charge is 2.36. The van der Waals surface area contributed by atoms with Crippen molar-refractivity contribution in [2.45, 2.75) is 44.6 Å². The van der Waals surface area contributed by atoms with E-state index in [2.05, 4.69) is 10.6 Å². The van der Waals surface area contributed by atoms with Gasteiger partial charge in [-0.1, -0.05) is 0 Å². The van der Waals surface area contributed by atoms with Gasteiger partial charge < -0.3 is 20.4 Å². The lowest BCUT2D eigenvalue weighted by Crippen LogP contribution is -2.49. The van der Waals surface area contributed by atoms with Crippen LogP contribution in [0.25, 0.3) is 0 Å². The average Bonchev–Trinajstić information content (AvgIpc) is 3.40. The fourth-order valence-corrected chi connectivity index (χ4v) is 4.59. The van der Waals surface area contributed by atoms with Crippen LogP contribution in [0.3, 0.4) is 0 Å². The summed E-state index contributed by atoms with van der Waals surface area (Å²) in [4.78, 5) is 40.7. The third-order valence-electron chi connectivity index (χ3n) is 6.14. The predicted molar refractivity (Wildman–Crippen MR) is 106 cm³/mol. The monoisotopic (exact) mass is 384 g/mol. The van der Waals surface area contributed by atoms with Crippen molar-refractivity contribution in [1.29, 1.82) is 0 Å². The minimum atomic E-state index is -0.123. The van der Waals surface area contributed by atoms with Crippen LogP contribution in [-0.4, -0.2) is 59.9 Å². The summed E-state index contributed by atoms with van der Waals surface area (Å²) in [5.41, 5.74) is 1.35. The number of rotatable bonds is 3. The van der Waals surface area contributed by atoms with Crippen LogP contribution in [0.15, 0.2) is 24.3 Å². The Balaban J connectivity index is 1.39. The van der Waals surface area contributed by atoms with Crippen LogP contribution in [0, 0.1) is 5.92 Å². The van der Waals surface area contributed by atoms with E-state index in [1.165, 1.54) is 0 Å². The first-order chi connectivity index (χ1) is 13.6. The Labute approximate surface area is 165 Å². The lowest BCUT2D eigenvalue weighted by atomic mass is 9.90. The average molecular weight is 384 g/mol. The van der Waals surface area contributed by atoms with Crippen molar-refractivity contribution in [2.24, 2.45) is 5.92 Å². The Kier molecular flexibility index (Phi) is 5.50. The summed E-state index contributed by atoms with van der Waals surface area (Å²) in [6.45, 7) is 3.02. The first kappa shape index (κ1) is 18.8. The molecule has 1 aromatic carbocycles. The topological polar surface area (TPSA) is 81.8 Å². The van der Waals surface area contributed by atoms with Crippen LogP contribution in [0.5, 0.6) is 0 Å². The third-order valence-corrected chi connectivity index (χ3v) is 6.14. The van der Waals surface area contributed by atoms with E-state index in [1.54, 1.807) is 24.3 Å². The van der Waals surface area contributed by atoms with Crippen LogP contribution < -0.4 is 10.6 Å². The second kappa shape index (κ2) is 8.20. The lowest BCUT2D eigenvalue weighted by Gasteiger charge is -2.38. The molecule has 3 aliphatic heterocycles. The number of nitrogens with zero attached hydrogens (tertiary/aromatic N) is 2. The summed E-state index contributed by atoms with van der Waals surface area (Å²) in [5, 5.41) is 5.85. The molecule has 7 nitrogen and oxygen atoms in total. The molecule has 0 bridgehead atoms. The molecule has 0 saturated carbocycles. The number of carbonyl (C=O) groups is 3. The van der Waals surface area contributed by atoms with Gasteiger partial charge >= 0.3 is 6.03 Å². The zero-order valence-electron chi connectivity index (χ0n) is 16.2. The minimum Gasteiger partial charge on any atom is -0.356 e. The Morgan fingerprint density at radius 1 is 1.00 bits per heavy atom. The van der Waals surface area contributed by atoms with Crippen LogP contribution in [0.1, 0.15) is 48.9 Å². The molecule has 4 amide bonds. The van der Waals surface area contributed by atoms with Crippen molar-refractivity contribution >= 4 is 23.5 Å². The number of nitrogens with one attached hydrogen (secondary N) is 2. The fourth-order valence-electron chi connectivity index (χ4n) is 4.59. The number of benzene rings is 1. The molecule has 150 valence electrons. The maximum atomic E-state index is 12.9. The van der Waals surface area contributed by atoms with E-state index in [9.17, 15) is 14.4 Å². The number of urea groups is 1. The van der Waals surface area contributed by atoms with E-state index < -0.39 is 0 Å². The van der Waals surface area contributed by atoms with Crippen molar-refractivity contribution in [2.75, 3.05) is 31.5 Å². The van der Waals surface area contributed by atoms with Crippen molar-refractivity contribution in [1.82, 2.24) is 15.1 Å². The Hall–Kier alpha value is -2.57. The predicted octanol–water partition coefficient (Wildman–Crippen LogP) is 2.45. The normalized spacial score (nSPS) is 24.9. The van der Waals surface area contributed by atoms with Gasteiger partial charge in [0.05, 0.1) is 0 Å². The van der Waals surface area contributed by atoms with E-state index >= 15 is 0 Å². The van der Waals surface area contributed by atoms with Crippen molar-refractivity contribution in [3.05, 3.63) is 29.8 Å². The summed E-state index contributed by atoms with van der Waals surface area (Å²) < 4.78 is 0. The summed E-state index contributed by atoms with van der Waals surface area (Å²) in [5.74, 6) is 0.332.